The van der Waals surface area contributed by atoms with Crippen LogP contribution in [-0.4, -0.2) is 15.5 Å². The maximum atomic E-state index is 13.9. The Kier molecular flexibility index (Phi) is 5.03. The Labute approximate surface area is 154 Å². The largest absolute Gasteiger partial charge is 0.328 e. The number of halogens is 1. The highest BCUT2D eigenvalue weighted by atomic mass is 19.1. The summed E-state index contributed by atoms with van der Waals surface area (Å²) in [5.41, 5.74) is 0.911. The number of nitrogens with one attached hydrogen (secondary N) is 2. The number of aryl methyl sites for hydroxylation is 2. The minimum atomic E-state index is -0.788. The number of benzene rings is 2. The summed E-state index contributed by atoms with van der Waals surface area (Å²) in [5, 5.41) is 2.65. The van der Waals surface area contributed by atoms with Crippen molar-refractivity contribution in [2.24, 2.45) is 0 Å². The van der Waals surface area contributed by atoms with E-state index in [9.17, 15) is 18.8 Å². The molecule has 0 saturated heterocycles. The molecule has 0 aliphatic rings. The number of amides is 1. The van der Waals surface area contributed by atoms with E-state index in [2.05, 4.69) is 10.3 Å². The molecule has 3 rings (SSSR count). The average Bonchev–Trinajstić information content (AvgIpc) is 2.59. The summed E-state index contributed by atoms with van der Waals surface area (Å²) < 4.78 is 14.7. The van der Waals surface area contributed by atoms with Crippen molar-refractivity contribution in [3.05, 3.63) is 97.6 Å². The van der Waals surface area contributed by atoms with Crippen LogP contribution in [0.1, 0.15) is 27.0 Å². The SMILES string of the molecule is Cc1cc(C)cc(NC(=O)c2c[nH]c(=O)n(Cc3ccccc3F)c2=O)c1. The van der Waals surface area contributed by atoms with E-state index in [4.69, 9.17) is 0 Å². The van der Waals surface area contributed by atoms with E-state index in [1.54, 1.807) is 18.2 Å². The highest BCUT2D eigenvalue weighted by Crippen LogP contribution is 2.14. The van der Waals surface area contributed by atoms with Crippen LogP contribution in [0, 0.1) is 19.7 Å². The van der Waals surface area contributed by atoms with Crippen molar-refractivity contribution < 1.29 is 9.18 Å². The molecule has 0 bridgehead atoms. The van der Waals surface area contributed by atoms with Crippen molar-refractivity contribution in [3.63, 3.8) is 0 Å². The third-order valence-electron chi connectivity index (χ3n) is 4.07. The Morgan fingerprint density at radius 2 is 1.78 bits per heavy atom. The monoisotopic (exact) mass is 367 g/mol. The van der Waals surface area contributed by atoms with Gasteiger partial charge in [0, 0.05) is 17.4 Å². The average molecular weight is 367 g/mol. The molecule has 2 N–H and O–H groups in total. The van der Waals surface area contributed by atoms with Gasteiger partial charge in [-0.15, -0.1) is 0 Å². The van der Waals surface area contributed by atoms with Crippen LogP contribution in [0.4, 0.5) is 10.1 Å². The first kappa shape index (κ1) is 18.3. The van der Waals surface area contributed by atoms with Crippen molar-refractivity contribution in [2.45, 2.75) is 20.4 Å². The number of aromatic amines is 1. The minimum Gasteiger partial charge on any atom is -0.322 e. The standard InChI is InChI=1S/C20H18FN3O3/c1-12-7-13(2)9-15(8-12)23-18(25)16-10-22-20(27)24(19(16)26)11-14-5-3-4-6-17(14)21/h3-10H,11H2,1-2H3,(H,22,27)(H,23,25). The van der Waals surface area contributed by atoms with E-state index < -0.39 is 23.0 Å². The van der Waals surface area contributed by atoms with Crippen molar-refractivity contribution in [3.8, 4) is 0 Å². The van der Waals surface area contributed by atoms with Gasteiger partial charge < -0.3 is 10.3 Å². The van der Waals surface area contributed by atoms with E-state index in [0.717, 1.165) is 21.9 Å². The molecule has 0 atom stereocenters. The molecule has 6 nitrogen and oxygen atoms in total. The molecule has 0 aliphatic heterocycles. The molecular weight excluding hydrogens is 349 g/mol. The lowest BCUT2D eigenvalue weighted by atomic mass is 10.1. The molecule has 27 heavy (non-hydrogen) atoms. The molecule has 138 valence electrons. The van der Waals surface area contributed by atoms with Gasteiger partial charge in [-0.25, -0.2) is 9.18 Å². The second kappa shape index (κ2) is 7.41. The van der Waals surface area contributed by atoms with E-state index >= 15 is 0 Å². The number of hydrogen-bond donors (Lipinski definition) is 2. The van der Waals surface area contributed by atoms with Gasteiger partial charge in [-0.2, -0.15) is 0 Å². The van der Waals surface area contributed by atoms with E-state index in [1.165, 1.54) is 18.2 Å². The predicted molar refractivity (Wildman–Crippen MR) is 101 cm³/mol. The first-order valence-electron chi connectivity index (χ1n) is 8.31. The first-order chi connectivity index (χ1) is 12.8. The Morgan fingerprint density at radius 1 is 1.11 bits per heavy atom. The van der Waals surface area contributed by atoms with Crippen LogP contribution in [-0.2, 0) is 6.54 Å². The first-order valence-corrected chi connectivity index (χ1v) is 8.31. The zero-order valence-corrected chi connectivity index (χ0v) is 14.9. The minimum absolute atomic E-state index is 0.178. The lowest BCUT2D eigenvalue weighted by molar-refractivity contribution is 0.102. The summed E-state index contributed by atoms with van der Waals surface area (Å²) in [6, 6.07) is 11.3. The molecule has 1 heterocycles. The van der Waals surface area contributed by atoms with Gasteiger partial charge in [0.1, 0.15) is 11.4 Å². The fourth-order valence-electron chi connectivity index (χ4n) is 2.86. The van der Waals surface area contributed by atoms with E-state index in [1.807, 2.05) is 19.9 Å². The molecule has 3 aromatic rings. The van der Waals surface area contributed by atoms with Crippen molar-refractivity contribution in [1.82, 2.24) is 9.55 Å². The summed E-state index contributed by atoms with van der Waals surface area (Å²) in [7, 11) is 0. The predicted octanol–water partition coefficient (Wildman–Crippen LogP) is 2.59. The summed E-state index contributed by atoms with van der Waals surface area (Å²) >= 11 is 0. The molecular formula is C20H18FN3O3. The van der Waals surface area contributed by atoms with E-state index in [-0.39, 0.29) is 17.7 Å². The summed E-state index contributed by atoms with van der Waals surface area (Å²) in [6.45, 7) is 3.51. The number of H-pyrrole nitrogens is 1. The third kappa shape index (κ3) is 4.03. The van der Waals surface area contributed by atoms with Crippen LogP contribution < -0.4 is 16.6 Å². The van der Waals surface area contributed by atoms with Crippen LogP contribution >= 0.6 is 0 Å². The van der Waals surface area contributed by atoms with Gasteiger partial charge in [0.15, 0.2) is 0 Å². The Balaban J connectivity index is 1.95. The number of hydrogen-bond acceptors (Lipinski definition) is 3. The number of carbonyl (C=O) groups is 1. The number of nitrogens with zero attached hydrogens (tertiary/aromatic N) is 1. The Hall–Kier alpha value is -3.48. The Morgan fingerprint density at radius 3 is 2.44 bits per heavy atom. The van der Waals surface area contributed by atoms with E-state index in [0.29, 0.717) is 5.69 Å². The quantitative estimate of drug-likeness (QED) is 0.743. The lowest BCUT2D eigenvalue weighted by Crippen LogP contribution is -2.39. The van der Waals surface area contributed by atoms with Gasteiger partial charge in [0.05, 0.1) is 6.54 Å². The third-order valence-corrected chi connectivity index (χ3v) is 4.07. The highest BCUT2D eigenvalue weighted by molar-refractivity contribution is 6.03. The van der Waals surface area contributed by atoms with Gasteiger partial charge in [0.25, 0.3) is 11.5 Å². The highest BCUT2D eigenvalue weighted by Gasteiger charge is 2.16. The van der Waals surface area contributed by atoms with Crippen molar-refractivity contribution in [2.75, 3.05) is 5.32 Å². The summed E-state index contributed by atoms with van der Waals surface area (Å²) in [4.78, 5) is 39.5. The van der Waals surface area contributed by atoms with Gasteiger partial charge >= 0.3 is 5.69 Å². The number of carbonyl (C=O) groups excluding carboxylic acids is 1. The summed E-state index contributed by atoms with van der Waals surface area (Å²) in [5.74, 6) is -1.18. The maximum Gasteiger partial charge on any atom is 0.328 e. The van der Waals surface area contributed by atoms with Crippen LogP contribution in [0.25, 0.3) is 0 Å². The Bertz CT molecular complexity index is 1110. The van der Waals surface area contributed by atoms with Gasteiger partial charge in [-0.05, 0) is 43.2 Å². The van der Waals surface area contributed by atoms with Gasteiger partial charge in [0.2, 0.25) is 0 Å². The topological polar surface area (TPSA) is 84.0 Å². The zero-order chi connectivity index (χ0) is 19.6. The zero-order valence-electron chi connectivity index (χ0n) is 14.9. The number of anilines is 1. The fraction of sp³-hybridized carbons (Fsp3) is 0.150. The lowest BCUT2D eigenvalue weighted by Gasteiger charge is -2.10. The van der Waals surface area contributed by atoms with Crippen molar-refractivity contribution >= 4 is 11.6 Å². The van der Waals surface area contributed by atoms with Crippen molar-refractivity contribution in [1.29, 1.82) is 0 Å². The second-order valence-electron chi connectivity index (χ2n) is 6.32. The van der Waals surface area contributed by atoms with Gasteiger partial charge in [-0.3, -0.25) is 14.2 Å². The van der Waals surface area contributed by atoms with Gasteiger partial charge in [-0.1, -0.05) is 24.3 Å². The molecule has 7 heteroatoms. The second-order valence-corrected chi connectivity index (χ2v) is 6.32. The van der Waals surface area contributed by atoms with Crippen LogP contribution in [0.3, 0.4) is 0 Å². The number of aromatic nitrogens is 2. The fourth-order valence-corrected chi connectivity index (χ4v) is 2.86. The maximum absolute atomic E-state index is 13.9. The smallest absolute Gasteiger partial charge is 0.322 e. The molecule has 0 aliphatic carbocycles. The summed E-state index contributed by atoms with van der Waals surface area (Å²) in [6.07, 6.45) is 1.07. The molecule has 2 aromatic carbocycles. The molecule has 0 radical (unpaired) electrons. The van der Waals surface area contributed by atoms with Crippen LogP contribution in [0.2, 0.25) is 0 Å². The van der Waals surface area contributed by atoms with Crippen LogP contribution in [0.15, 0.2) is 58.3 Å². The molecule has 1 aromatic heterocycles. The molecule has 1 amide bonds. The molecule has 0 fully saturated rings. The normalized spacial score (nSPS) is 10.6. The molecule has 0 saturated carbocycles. The molecule has 0 unspecified atom stereocenters. The number of rotatable bonds is 4. The van der Waals surface area contributed by atoms with Crippen LogP contribution in [0.5, 0.6) is 0 Å². The molecule has 0 spiro atoms.